The highest BCUT2D eigenvalue weighted by molar-refractivity contribution is 6.30. The van der Waals surface area contributed by atoms with E-state index in [1.165, 1.54) is 12.1 Å². The van der Waals surface area contributed by atoms with Crippen molar-refractivity contribution in [2.75, 3.05) is 6.61 Å². The largest absolute Gasteiger partial charge is 0.465 e. The number of carbonyl (C=O) groups excluding carboxylic acids is 1. The van der Waals surface area contributed by atoms with Crippen molar-refractivity contribution in [3.63, 3.8) is 0 Å². The third-order valence-corrected chi connectivity index (χ3v) is 4.67. The number of halogens is 2. The van der Waals surface area contributed by atoms with Gasteiger partial charge in [0, 0.05) is 6.07 Å². The molecule has 1 saturated carbocycles. The van der Waals surface area contributed by atoms with Crippen LogP contribution in [0.15, 0.2) is 12.1 Å². The van der Waals surface area contributed by atoms with Gasteiger partial charge >= 0.3 is 5.97 Å². The van der Waals surface area contributed by atoms with Gasteiger partial charge in [-0.05, 0) is 43.7 Å². The zero-order valence-electron chi connectivity index (χ0n) is 13.6. The average Bonchev–Trinajstić information content (AvgIpc) is 2.55. The third-order valence-electron chi connectivity index (χ3n) is 4.33. The molecule has 1 aliphatic rings. The SMILES string of the molecule is CCOC(=O)C(Cl)Cc1cc(F)c(C2CCCCC2)c([N+](=O)[O-])c1. The molecule has 2 rings (SSSR count). The molecule has 0 saturated heterocycles. The van der Waals surface area contributed by atoms with Crippen molar-refractivity contribution in [1.29, 1.82) is 0 Å². The fourth-order valence-electron chi connectivity index (χ4n) is 3.25. The number of nitrogens with zero attached hydrogens (tertiary/aromatic N) is 1. The molecule has 1 aromatic rings. The van der Waals surface area contributed by atoms with E-state index in [-0.39, 0.29) is 30.2 Å². The molecule has 0 aliphatic heterocycles. The van der Waals surface area contributed by atoms with Crippen LogP contribution in [-0.4, -0.2) is 22.9 Å². The lowest BCUT2D eigenvalue weighted by molar-refractivity contribution is -0.386. The molecule has 5 nitrogen and oxygen atoms in total. The van der Waals surface area contributed by atoms with E-state index >= 15 is 0 Å². The Balaban J connectivity index is 2.29. The molecular formula is C17H21ClFNO4. The summed E-state index contributed by atoms with van der Waals surface area (Å²) in [4.78, 5) is 22.4. The summed E-state index contributed by atoms with van der Waals surface area (Å²) in [6, 6.07) is 2.59. The van der Waals surface area contributed by atoms with E-state index in [9.17, 15) is 19.3 Å². The van der Waals surface area contributed by atoms with Crippen LogP contribution < -0.4 is 0 Å². The van der Waals surface area contributed by atoms with Gasteiger partial charge in [-0.3, -0.25) is 14.9 Å². The molecule has 7 heteroatoms. The zero-order chi connectivity index (χ0) is 17.7. The molecule has 1 aromatic carbocycles. The predicted octanol–water partition coefficient (Wildman–Crippen LogP) is 4.49. The Kier molecular flexibility index (Phi) is 6.54. The number of nitro groups is 1. The first-order valence-corrected chi connectivity index (χ1v) is 8.65. The highest BCUT2D eigenvalue weighted by Gasteiger charge is 2.29. The lowest BCUT2D eigenvalue weighted by Crippen LogP contribution is -2.20. The maximum Gasteiger partial charge on any atom is 0.324 e. The zero-order valence-corrected chi connectivity index (χ0v) is 14.4. The molecule has 24 heavy (non-hydrogen) atoms. The molecule has 0 aromatic heterocycles. The van der Waals surface area contributed by atoms with Crippen molar-refractivity contribution in [3.8, 4) is 0 Å². The van der Waals surface area contributed by atoms with Crippen LogP contribution in [0.3, 0.4) is 0 Å². The van der Waals surface area contributed by atoms with Crippen LogP contribution in [0.1, 0.15) is 56.1 Å². The number of benzene rings is 1. The lowest BCUT2D eigenvalue weighted by Gasteiger charge is -2.22. The van der Waals surface area contributed by atoms with E-state index < -0.39 is 22.1 Å². The van der Waals surface area contributed by atoms with Crippen LogP contribution in [-0.2, 0) is 16.0 Å². The highest BCUT2D eigenvalue weighted by Crippen LogP contribution is 2.39. The monoisotopic (exact) mass is 357 g/mol. The van der Waals surface area contributed by atoms with Gasteiger partial charge in [-0.2, -0.15) is 0 Å². The van der Waals surface area contributed by atoms with Gasteiger partial charge in [0.25, 0.3) is 5.69 Å². The second kappa shape index (κ2) is 8.42. The summed E-state index contributed by atoms with van der Waals surface area (Å²) in [5.74, 6) is -1.32. The van der Waals surface area contributed by atoms with Crippen LogP contribution in [0.5, 0.6) is 0 Å². The summed E-state index contributed by atoms with van der Waals surface area (Å²) >= 11 is 5.95. The molecule has 0 heterocycles. The van der Waals surface area contributed by atoms with E-state index in [1.807, 2.05) is 0 Å². The van der Waals surface area contributed by atoms with E-state index in [0.29, 0.717) is 5.56 Å². The number of carbonyl (C=O) groups is 1. The summed E-state index contributed by atoms with van der Waals surface area (Å²) in [5, 5.41) is 10.4. The number of nitro benzene ring substituents is 1. The number of alkyl halides is 1. The Hall–Kier alpha value is -1.69. The van der Waals surface area contributed by atoms with Crippen molar-refractivity contribution in [2.45, 2.75) is 56.7 Å². The van der Waals surface area contributed by atoms with Gasteiger partial charge in [0.1, 0.15) is 11.2 Å². The first-order valence-electron chi connectivity index (χ1n) is 8.21. The first kappa shape index (κ1) is 18.6. The molecule has 0 bridgehead atoms. The molecule has 1 aliphatic carbocycles. The van der Waals surface area contributed by atoms with E-state index in [0.717, 1.165) is 32.1 Å². The molecular weight excluding hydrogens is 337 g/mol. The molecule has 1 unspecified atom stereocenters. The highest BCUT2D eigenvalue weighted by atomic mass is 35.5. The van der Waals surface area contributed by atoms with E-state index in [1.54, 1.807) is 6.92 Å². The van der Waals surface area contributed by atoms with Gasteiger partial charge < -0.3 is 4.74 Å². The Morgan fingerprint density at radius 1 is 1.42 bits per heavy atom. The molecule has 1 atom stereocenters. The molecule has 0 radical (unpaired) electrons. The summed E-state index contributed by atoms with van der Waals surface area (Å²) in [6.07, 6.45) is 4.50. The number of esters is 1. The minimum Gasteiger partial charge on any atom is -0.465 e. The van der Waals surface area contributed by atoms with Crippen molar-refractivity contribution < 1.29 is 18.8 Å². The van der Waals surface area contributed by atoms with Crippen molar-refractivity contribution in [3.05, 3.63) is 39.2 Å². The van der Waals surface area contributed by atoms with E-state index in [4.69, 9.17) is 16.3 Å². The molecule has 0 spiro atoms. The number of hydrogen-bond donors (Lipinski definition) is 0. The predicted molar refractivity (Wildman–Crippen MR) is 88.9 cm³/mol. The third kappa shape index (κ3) is 4.44. The standard InChI is InChI=1S/C17H21ClFNO4/c1-2-24-17(21)13(18)8-11-9-14(19)16(15(10-11)20(22)23)12-6-4-3-5-7-12/h9-10,12-13H,2-8H2,1H3. The maximum atomic E-state index is 14.6. The second-order valence-electron chi connectivity index (χ2n) is 6.03. The summed E-state index contributed by atoms with van der Waals surface area (Å²) in [6.45, 7) is 1.85. The maximum absolute atomic E-state index is 14.6. The first-order chi connectivity index (χ1) is 11.4. The van der Waals surface area contributed by atoms with Gasteiger partial charge in [0.2, 0.25) is 0 Å². The Morgan fingerprint density at radius 2 is 2.08 bits per heavy atom. The fourth-order valence-corrected chi connectivity index (χ4v) is 3.49. The summed E-state index contributed by atoms with van der Waals surface area (Å²) < 4.78 is 19.4. The molecule has 0 N–H and O–H groups in total. The van der Waals surface area contributed by atoms with Crippen LogP contribution in [0.4, 0.5) is 10.1 Å². The second-order valence-corrected chi connectivity index (χ2v) is 6.55. The summed E-state index contributed by atoms with van der Waals surface area (Å²) in [7, 11) is 0. The number of rotatable bonds is 6. The van der Waals surface area contributed by atoms with Gasteiger partial charge in [0.05, 0.1) is 17.1 Å². The smallest absolute Gasteiger partial charge is 0.324 e. The topological polar surface area (TPSA) is 69.4 Å². The minimum atomic E-state index is -0.996. The van der Waals surface area contributed by atoms with Crippen LogP contribution in [0.2, 0.25) is 0 Å². The van der Waals surface area contributed by atoms with Crippen LogP contribution in [0, 0.1) is 15.9 Å². The van der Waals surface area contributed by atoms with E-state index in [2.05, 4.69) is 0 Å². The minimum absolute atomic E-state index is 0.0108. The summed E-state index contributed by atoms with van der Waals surface area (Å²) in [5.41, 5.74) is 0.294. The Morgan fingerprint density at radius 3 is 2.67 bits per heavy atom. The number of ether oxygens (including phenoxy) is 1. The Labute approximate surface area is 145 Å². The fraction of sp³-hybridized carbons (Fsp3) is 0.588. The molecule has 1 fully saturated rings. The van der Waals surface area contributed by atoms with Gasteiger partial charge in [-0.25, -0.2) is 4.39 Å². The van der Waals surface area contributed by atoms with Crippen LogP contribution in [0.25, 0.3) is 0 Å². The lowest BCUT2D eigenvalue weighted by atomic mass is 9.82. The van der Waals surface area contributed by atoms with Gasteiger partial charge in [-0.15, -0.1) is 11.6 Å². The number of hydrogen-bond acceptors (Lipinski definition) is 4. The van der Waals surface area contributed by atoms with Crippen LogP contribution >= 0.6 is 11.6 Å². The van der Waals surface area contributed by atoms with Crippen molar-refractivity contribution >= 4 is 23.3 Å². The Bertz CT molecular complexity index is 617. The quantitative estimate of drug-likeness (QED) is 0.325. The molecule has 132 valence electrons. The average molecular weight is 358 g/mol. The van der Waals surface area contributed by atoms with Gasteiger partial charge in [0.15, 0.2) is 0 Å². The normalized spacial score (nSPS) is 16.6. The van der Waals surface area contributed by atoms with Gasteiger partial charge in [-0.1, -0.05) is 19.3 Å². The van der Waals surface area contributed by atoms with Crippen molar-refractivity contribution in [2.24, 2.45) is 0 Å². The molecule has 0 amide bonds. The van der Waals surface area contributed by atoms with Crippen molar-refractivity contribution in [1.82, 2.24) is 0 Å².